The number of nitrogens with zero attached hydrogens (tertiary/aromatic N) is 8. The molecule has 36 heteroatoms. The van der Waals surface area contributed by atoms with E-state index in [1.807, 2.05) is 0 Å². The molecule has 73 heavy (non-hydrogen) atoms. The monoisotopic (exact) mass is 1140 g/mol. The quantitative estimate of drug-likeness (QED) is 0.0137. The molecule has 1 aromatic heterocycles. The van der Waals surface area contributed by atoms with Crippen molar-refractivity contribution in [2.45, 2.75) is 31.4 Å². The Morgan fingerprint density at radius 3 is 1.82 bits per heavy atom. The average molecular weight is 1140 g/mol. The first-order valence-corrected chi connectivity index (χ1v) is 27.1. The van der Waals surface area contributed by atoms with Crippen molar-refractivity contribution < 1.29 is 64.9 Å². The fourth-order valence-corrected chi connectivity index (χ4v) is 9.47. The van der Waals surface area contributed by atoms with Crippen molar-refractivity contribution in [3.05, 3.63) is 108 Å². The Bertz CT molecular complexity index is 3940. The maximum Gasteiger partial charge on any atom is 0.296 e. The van der Waals surface area contributed by atoms with Gasteiger partial charge < -0.3 is 26.6 Å². The zero-order valence-corrected chi connectivity index (χ0v) is 41.7. The molecular weight excluding hydrogens is 1110 g/mol. The Hall–Kier alpha value is -7.22. The summed E-state index contributed by atoms with van der Waals surface area (Å²) in [5, 5.41) is 22.6. The van der Waals surface area contributed by atoms with Crippen molar-refractivity contribution in [3.63, 3.8) is 0 Å². The van der Waals surface area contributed by atoms with Gasteiger partial charge in [-0.1, -0.05) is 24.2 Å². The Balaban J connectivity index is 1.29. The third-order valence-corrected chi connectivity index (χ3v) is 13.6. The van der Waals surface area contributed by atoms with E-state index >= 15 is 0 Å². The number of fused-ring (bicyclic) bond motifs is 1. The maximum atomic E-state index is 12.4. The lowest BCUT2D eigenvalue weighted by Crippen LogP contribution is -2.13. The number of benzene rings is 5. The molecule has 29 nitrogen and oxygen atoms in total. The molecule has 0 saturated heterocycles. The fraction of sp³-hybridized carbons (Fsp3) is 0.0541. The van der Waals surface area contributed by atoms with E-state index in [-0.39, 0.29) is 63.0 Å². The van der Waals surface area contributed by atoms with Crippen LogP contribution in [-0.4, -0.2) is 97.6 Å². The van der Waals surface area contributed by atoms with Gasteiger partial charge in [0.05, 0.1) is 21.2 Å². The molecule has 1 heterocycles. The van der Waals surface area contributed by atoms with Gasteiger partial charge in [0.15, 0.2) is 0 Å². The first-order chi connectivity index (χ1) is 33.9. The lowest BCUT2D eigenvalue weighted by Gasteiger charge is -2.14. The van der Waals surface area contributed by atoms with E-state index in [1.54, 1.807) is 0 Å². The highest BCUT2D eigenvalue weighted by atomic mass is 35.5. The van der Waals surface area contributed by atoms with E-state index in [0.29, 0.717) is 18.2 Å². The van der Waals surface area contributed by atoms with Gasteiger partial charge in [-0.25, -0.2) is 4.99 Å². The number of azo groups is 1. The molecule has 10 N–H and O–H groups in total. The first kappa shape index (κ1) is 55.1. The molecular formula is C37H31Cl2N13O16S5. The predicted molar refractivity (Wildman–Crippen MR) is 265 cm³/mol. The number of aromatic nitrogens is 3. The van der Waals surface area contributed by atoms with Gasteiger partial charge in [-0.3, -0.25) is 22.8 Å². The zero-order valence-electron chi connectivity index (χ0n) is 36.1. The highest BCUT2D eigenvalue weighted by Crippen LogP contribution is 2.38. The summed E-state index contributed by atoms with van der Waals surface area (Å²) >= 11 is 12.2. The van der Waals surface area contributed by atoms with Gasteiger partial charge in [0.25, 0.3) is 50.6 Å². The summed E-state index contributed by atoms with van der Waals surface area (Å²) in [5.74, 6) is -1.09. The predicted octanol–water partition coefficient (Wildman–Crippen LogP) is 6.96. The fourth-order valence-electron chi connectivity index (χ4n) is 6.09. The van der Waals surface area contributed by atoms with Crippen LogP contribution in [0.4, 0.5) is 51.7 Å². The Morgan fingerprint density at radius 2 is 1.21 bits per heavy atom. The highest BCUT2D eigenvalue weighted by Gasteiger charge is 2.25. The molecule has 0 amide bonds. The van der Waals surface area contributed by atoms with E-state index in [0.717, 1.165) is 30.3 Å². The summed E-state index contributed by atoms with van der Waals surface area (Å²) in [5.41, 5.74) is -0.918. The molecule has 6 rings (SSSR count). The molecule has 0 aliphatic carbocycles. The number of hydrogen-bond acceptors (Lipinski definition) is 22. The molecule has 0 bridgehead atoms. The Morgan fingerprint density at radius 1 is 0.603 bits per heavy atom. The van der Waals surface area contributed by atoms with Crippen LogP contribution in [0.15, 0.2) is 147 Å². The minimum absolute atomic E-state index is 0.0172. The summed E-state index contributed by atoms with van der Waals surface area (Å²) < 4.78 is 170. The van der Waals surface area contributed by atoms with E-state index in [9.17, 15) is 69.8 Å². The summed E-state index contributed by atoms with van der Waals surface area (Å²) in [6.07, 6.45) is 0. The second-order valence-electron chi connectivity index (χ2n) is 14.2. The van der Waals surface area contributed by atoms with Gasteiger partial charge in [-0.15, -0.1) is 15.1 Å². The molecule has 384 valence electrons. The maximum absolute atomic E-state index is 12.4. The molecule has 0 spiro atoms. The van der Waals surface area contributed by atoms with E-state index in [4.69, 9.17) is 23.2 Å². The third-order valence-electron chi connectivity index (χ3n) is 8.96. The van der Waals surface area contributed by atoms with Gasteiger partial charge >= 0.3 is 0 Å². The van der Waals surface area contributed by atoms with Gasteiger partial charge in [-0.2, -0.15) is 62.0 Å². The van der Waals surface area contributed by atoms with E-state index < -0.39 is 103 Å². The van der Waals surface area contributed by atoms with Crippen molar-refractivity contribution in [1.82, 2.24) is 15.0 Å². The van der Waals surface area contributed by atoms with Crippen LogP contribution in [0.3, 0.4) is 0 Å². The Labute approximate surface area is 422 Å². The highest BCUT2D eigenvalue weighted by molar-refractivity contribution is 7.87. The SMILES string of the molecule is C=C(/N=C(\N=C(/C)Cl)Nc1ccc(S(=O)(=O)O)c(Nc2nc(Cl)nc(Nc3cccc(S(=O)(=O)O)c3)n2)c1)Nc1ccc(/N=N\c2cc3c(S(=O)(=O)O)cc(S(=O)(=O)O)cc3cc2S(=O)(=O)O)c(NCN=O)c1. The Kier molecular flexibility index (Phi) is 16.2. The van der Waals surface area contributed by atoms with Crippen molar-refractivity contribution >= 4 is 147 Å². The van der Waals surface area contributed by atoms with Crippen molar-refractivity contribution in [2.75, 3.05) is 33.3 Å². The minimum Gasteiger partial charge on any atom is -0.362 e. The lowest BCUT2D eigenvalue weighted by molar-refractivity contribution is 0.479. The van der Waals surface area contributed by atoms with Crippen LogP contribution in [0.1, 0.15) is 6.92 Å². The normalized spacial score (nSPS) is 12.9. The standard InChI is InChI=1S/C37H31Cl2N13O16S5/c1-18(38)42-35(46-23-7-9-31(71(60,61)62)29(14-23)47-37-49-34(39)48-36(50-37)45-21-4-3-5-24(12-21)69(54,55)56)44-19(2)43-22-6-8-27(28(13-22)40-17-41-53)51-52-30-16-26-20(11-33(30)73(66,67)68)10-25(70(57,58)59)15-32(26)72(63,64)65/h3-16,40,43H,2,17H2,1H3,(H,44,46)(H,54,55,56)(H,57,58,59)(H,60,61,62)(H,63,64,65)(H,66,67,68)(H2,45,47,48,49,50)/b42-18+,52-51-. The molecule has 0 aliphatic heterocycles. The summed E-state index contributed by atoms with van der Waals surface area (Å²) in [7, 11) is -25.1. The topological polar surface area (TPSA) is 450 Å². The summed E-state index contributed by atoms with van der Waals surface area (Å²) in [4.78, 5) is 27.1. The van der Waals surface area contributed by atoms with Gasteiger partial charge in [-0.05, 0) is 108 Å². The van der Waals surface area contributed by atoms with E-state index in [1.165, 1.54) is 43.3 Å². The second-order valence-corrected chi connectivity index (χ2v) is 22.1. The number of hydrogen-bond donors (Lipinski definition) is 10. The molecule has 5 aromatic carbocycles. The van der Waals surface area contributed by atoms with Crippen molar-refractivity contribution in [1.29, 1.82) is 0 Å². The molecule has 0 atom stereocenters. The summed E-state index contributed by atoms with van der Waals surface area (Å²) in [6, 6.07) is 14.6. The number of nitroso groups, excluding NO2 is 1. The smallest absolute Gasteiger partial charge is 0.296 e. The van der Waals surface area contributed by atoms with Crippen LogP contribution < -0.4 is 26.6 Å². The number of guanidine groups is 1. The van der Waals surface area contributed by atoms with E-state index in [2.05, 4.69) is 73.5 Å². The average Bonchev–Trinajstić information content (AvgIpc) is 3.25. The van der Waals surface area contributed by atoms with Crippen LogP contribution in [0.5, 0.6) is 0 Å². The number of rotatable bonds is 18. The third kappa shape index (κ3) is 14.7. The van der Waals surface area contributed by atoms with Gasteiger partial charge in [0.2, 0.25) is 23.1 Å². The molecule has 6 aromatic rings. The lowest BCUT2D eigenvalue weighted by atomic mass is 10.1. The molecule has 0 saturated carbocycles. The molecule has 0 radical (unpaired) electrons. The first-order valence-electron chi connectivity index (χ1n) is 19.2. The summed E-state index contributed by atoms with van der Waals surface area (Å²) in [6.45, 7) is 4.65. The van der Waals surface area contributed by atoms with Crippen LogP contribution in [0.2, 0.25) is 5.28 Å². The van der Waals surface area contributed by atoms with Crippen LogP contribution in [0, 0.1) is 4.91 Å². The molecule has 0 fully saturated rings. The number of anilines is 7. The minimum atomic E-state index is -5.25. The number of nitrogens with one attached hydrogen (secondary N) is 5. The molecule has 0 unspecified atom stereocenters. The second kappa shape index (κ2) is 21.5. The number of halogens is 2. The van der Waals surface area contributed by atoms with Crippen molar-refractivity contribution in [2.24, 2.45) is 25.4 Å². The van der Waals surface area contributed by atoms with Crippen LogP contribution in [-0.2, 0) is 50.6 Å². The van der Waals surface area contributed by atoms with Crippen molar-refractivity contribution in [3.8, 4) is 0 Å². The molecule has 0 aliphatic rings. The van der Waals surface area contributed by atoms with Gasteiger partial charge in [0, 0.05) is 22.4 Å². The zero-order chi connectivity index (χ0) is 53.8. The van der Waals surface area contributed by atoms with Crippen LogP contribution in [0.25, 0.3) is 10.8 Å². The number of aliphatic imine (C=N–C) groups is 2. The van der Waals surface area contributed by atoms with Gasteiger partial charge in [0.1, 0.15) is 43.7 Å². The largest absolute Gasteiger partial charge is 0.362 e. The van der Waals surface area contributed by atoms with Crippen LogP contribution >= 0.6 is 23.2 Å².